The number of rotatable bonds is 4. The summed E-state index contributed by atoms with van der Waals surface area (Å²) in [5.41, 5.74) is 1.03. The van der Waals surface area contributed by atoms with Crippen LogP contribution in [0.15, 0.2) is 24.3 Å². The Bertz CT molecular complexity index is 687. The summed E-state index contributed by atoms with van der Waals surface area (Å²) in [4.78, 5) is 23.1. The van der Waals surface area contributed by atoms with Crippen molar-refractivity contribution in [2.75, 3.05) is 5.32 Å². The van der Waals surface area contributed by atoms with Crippen LogP contribution in [-0.2, 0) is 4.79 Å². The fraction of sp³-hybridized carbons (Fsp3) is 0.579. The molecule has 2 N–H and O–H groups in total. The van der Waals surface area contributed by atoms with Gasteiger partial charge in [-0.3, -0.25) is 9.59 Å². The van der Waals surface area contributed by atoms with Gasteiger partial charge in [-0.25, -0.2) is 0 Å². The van der Waals surface area contributed by atoms with Crippen LogP contribution in [0, 0.1) is 17.3 Å². The molecule has 0 heterocycles. The van der Waals surface area contributed by atoms with Gasteiger partial charge in [0.25, 0.3) is 11.8 Å². The van der Waals surface area contributed by atoms with Crippen molar-refractivity contribution in [2.24, 2.45) is 17.3 Å². The molecule has 3 rings (SSSR count). The second-order valence-corrected chi connectivity index (χ2v) is 9.05. The molecular weight excluding hydrogens is 359 g/mol. The molecule has 3 unspecified atom stereocenters. The summed E-state index contributed by atoms with van der Waals surface area (Å²) < 4.78 is 0. The first-order chi connectivity index (χ1) is 11.6. The summed E-state index contributed by atoms with van der Waals surface area (Å²) in [5.74, 6) is 0.657. The van der Waals surface area contributed by atoms with Crippen molar-refractivity contribution < 1.29 is 9.59 Å². The van der Waals surface area contributed by atoms with E-state index in [4.69, 9.17) is 23.2 Å². The molecule has 1 aromatic carbocycles. The highest BCUT2D eigenvalue weighted by atomic mass is 35.5. The van der Waals surface area contributed by atoms with Gasteiger partial charge in [-0.05, 0) is 67.7 Å². The van der Waals surface area contributed by atoms with Gasteiger partial charge in [0.1, 0.15) is 0 Å². The largest absolute Gasteiger partial charge is 0.346 e. The Labute approximate surface area is 158 Å². The maximum Gasteiger partial charge on any atom is 0.257 e. The first-order valence-electron chi connectivity index (χ1n) is 8.67. The third-order valence-corrected chi connectivity index (χ3v) is 6.99. The fourth-order valence-corrected chi connectivity index (χ4v) is 4.69. The van der Waals surface area contributed by atoms with E-state index in [0.29, 0.717) is 23.1 Å². The zero-order chi connectivity index (χ0) is 18.4. The standard InChI is InChI=1S/C19H24Cl2N2O2/c1-18(2)12-6-7-13(10-12)19(18,3)23-16(24)11-4-8-14(9-5-11)22-17(25)15(20)21/h4-5,8-9,12-13,15H,6-7,10H2,1-3H3,(H,22,25)(H,23,24). The summed E-state index contributed by atoms with van der Waals surface area (Å²) >= 11 is 11.0. The molecule has 0 saturated heterocycles. The van der Waals surface area contributed by atoms with E-state index in [9.17, 15) is 9.59 Å². The van der Waals surface area contributed by atoms with Gasteiger partial charge in [-0.1, -0.05) is 37.0 Å². The van der Waals surface area contributed by atoms with Crippen molar-refractivity contribution in [1.82, 2.24) is 5.32 Å². The lowest BCUT2D eigenvalue weighted by molar-refractivity contribution is -0.114. The zero-order valence-electron chi connectivity index (χ0n) is 14.7. The molecule has 4 nitrogen and oxygen atoms in total. The number of benzene rings is 1. The molecule has 0 spiro atoms. The second-order valence-electron chi connectivity index (χ2n) is 7.95. The molecule has 2 fully saturated rings. The van der Waals surface area contributed by atoms with Gasteiger partial charge < -0.3 is 10.6 Å². The lowest BCUT2D eigenvalue weighted by Gasteiger charge is -2.48. The number of halogens is 2. The second kappa shape index (κ2) is 6.48. The number of nitrogens with one attached hydrogen (secondary N) is 2. The number of fused-ring (bicyclic) bond motifs is 2. The summed E-state index contributed by atoms with van der Waals surface area (Å²) in [6.45, 7) is 6.72. The molecule has 2 amide bonds. The van der Waals surface area contributed by atoms with Gasteiger partial charge in [0.2, 0.25) is 0 Å². The van der Waals surface area contributed by atoms with E-state index in [1.54, 1.807) is 24.3 Å². The third kappa shape index (κ3) is 3.15. The maximum atomic E-state index is 12.8. The van der Waals surface area contributed by atoms with Crippen LogP contribution in [0.2, 0.25) is 0 Å². The molecule has 6 heteroatoms. The maximum absolute atomic E-state index is 12.8. The molecule has 2 aliphatic rings. The van der Waals surface area contributed by atoms with Crippen LogP contribution < -0.4 is 10.6 Å². The van der Waals surface area contributed by atoms with E-state index in [-0.39, 0.29) is 16.9 Å². The van der Waals surface area contributed by atoms with Crippen molar-refractivity contribution >= 4 is 40.7 Å². The third-order valence-electron chi connectivity index (χ3n) is 6.59. The van der Waals surface area contributed by atoms with Gasteiger partial charge in [0.15, 0.2) is 4.84 Å². The molecule has 136 valence electrons. The van der Waals surface area contributed by atoms with Crippen molar-refractivity contribution in [3.05, 3.63) is 29.8 Å². The van der Waals surface area contributed by atoms with E-state index in [1.165, 1.54) is 19.3 Å². The average molecular weight is 383 g/mol. The molecule has 3 atom stereocenters. The van der Waals surface area contributed by atoms with E-state index >= 15 is 0 Å². The molecule has 2 saturated carbocycles. The van der Waals surface area contributed by atoms with Crippen molar-refractivity contribution in [3.8, 4) is 0 Å². The fourth-order valence-electron chi connectivity index (χ4n) is 4.58. The molecule has 1 aromatic rings. The number of amides is 2. The SMILES string of the molecule is CC1(C)C2CCC(C2)C1(C)NC(=O)c1ccc(NC(=O)C(Cl)Cl)cc1. The lowest BCUT2D eigenvalue weighted by Crippen LogP contribution is -2.59. The highest BCUT2D eigenvalue weighted by Gasteiger charge is 2.60. The van der Waals surface area contributed by atoms with E-state index in [0.717, 1.165) is 0 Å². The van der Waals surface area contributed by atoms with Crippen LogP contribution in [0.3, 0.4) is 0 Å². The van der Waals surface area contributed by atoms with Crippen LogP contribution in [0.5, 0.6) is 0 Å². The normalized spacial score (nSPS) is 29.7. The zero-order valence-corrected chi connectivity index (χ0v) is 16.2. The molecule has 25 heavy (non-hydrogen) atoms. The number of hydrogen-bond donors (Lipinski definition) is 2. The lowest BCUT2D eigenvalue weighted by atomic mass is 9.64. The number of carbonyl (C=O) groups is 2. The topological polar surface area (TPSA) is 58.2 Å². The number of anilines is 1. The molecule has 2 aliphatic carbocycles. The Kier molecular flexibility index (Phi) is 4.80. The van der Waals surface area contributed by atoms with Crippen LogP contribution >= 0.6 is 23.2 Å². The van der Waals surface area contributed by atoms with Crippen molar-refractivity contribution in [1.29, 1.82) is 0 Å². The molecule has 0 aromatic heterocycles. The minimum absolute atomic E-state index is 0.0754. The minimum atomic E-state index is -1.12. The highest BCUT2D eigenvalue weighted by molar-refractivity contribution is 6.54. The van der Waals surface area contributed by atoms with Crippen LogP contribution in [0.4, 0.5) is 5.69 Å². The minimum Gasteiger partial charge on any atom is -0.346 e. The summed E-state index contributed by atoms with van der Waals surface area (Å²) in [7, 11) is 0. The quantitative estimate of drug-likeness (QED) is 0.759. The van der Waals surface area contributed by atoms with Gasteiger partial charge in [-0.15, -0.1) is 0 Å². The molecule has 2 bridgehead atoms. The van der Waals surface area contributed by atoms with Crippen molar-refractivity contribution in [2.45, 2.75) is 50.4 Å². The highest BCUT2D eigenvalue weighted by Crippen LogP contribution is 2.61. The first-order valence-corrected chi connectivity index (χ1v) is 9.54. The van der Waals surface area contributed by atoms with Crippen LogP contribution in [-0.4, -0.2) is 22.2 Å². The first kappa shape index (κ1) is 18.5. The van der Waals surface area contributed by atoms with E-state index < -0.39 is 10.7 Å². The monoisotopic (exact) mass is 382 g/mol. The van der Waals surface area contributed by atoms with Crippen LogP contribution in [0.1, 0.15) is 50.4 Å². The van der Waals surface area contributed by atoms with Gasteiger partial charge in [0.05, 0.1) is 0 Å². The molecule has 0 radical (unpaired) electrons. The predicted octanol–water partition coefficient (Wildman–Crippen LogP) is 4.37. The summed E-state index contributed by atoms with van der Waals surface area (Å²) in [6, 6.07) is 6.76. The van der Waals surface area contributed by atoms with Gasteiger partial charge >= 0.3 is 0 Å². The smallest absolute Gasteiger partial charge is 0.257 e. The van der Waals surface area contributed by atoms with Gasteiger partial charge in [0, 0.05) is 16.8 Å². The van der Waals surface area contributed by atoms with Gasteiger partial charge in [-0.2, -0.15) is 0 Å². The Morgan fingerprint density at radius 1 is 1.08 bits per heavy atom. The summed E-state index contributed by atoms with van der Waals surface area (Å²) in [5, 5.41) is 5.89. The molecule has 0 aliphatic heterocycles. The Morgan fingerprint density at radius 3 is 2.20 bits per heavy atom. The number of hydrogen-bond acceptors (Lipinski definition) is 2. The predicted molar refractivity (Wildman–Crippen MR) is 101 cm³/mol. The molecular formula is C19H24Cl2N2O2. The number of alkyl halides is 2. The van der Waals surface area contributed by atoms with E-state index in [1.807, 2.05) is 0 Å². The van der Waals surface area contributed by atoms with Crippen LogP contribution in [0.25, 0.3) is 0 Å². The van der Waals surface area contributed by atoms with E-state index in [2.05, 4.69) is 31.4 Å². The average Bonchev–Trinajstić information content (AvgIpc) is 3.11. The Hall–Kier alpha value is -1.26. The number of carbonyl (C=O) groups excluding carboxylic acids is 2. The van der Waals surface area contributed by atoms with Crippen molar-refractivity contribution in [3.63, 3.8) is 0 Å². The Morgan fingerprint density at radius 2 is 1.68 bits per heavy atom. The Balaban J connectivity index is 1.71. The summed E-state index contributed by atoms with van der Waals surface area (Å²) in [6.07, 6.45) is 3.65.